The highest BCUT2D eigenvalue weighted by Gasteiger charge is 2.20. The van der Waals surface area contributed by atoms with E-state index in [1.165, 1.54) is 0 Å². The smallest absolute Gasteiger partial charge is 0.305 e. The molecule has 0 saturated heterocycles. The van der Waals surface area contributed by atoms with Crippen molar-refractivity contribution in [3.8, 4) is 0 Å². The topological polar surface area (TPSA) is 84.7 Å². The molecule has 0 atom stereocenters. The highest BCUT2D eigenvalue weighted by atomic mass is 16.5. The molecule has 0 aromatic heterocycles. The molecule has 0 aliphatic rings. The Morgan fingerprint density at radius 3 is 2.44 bits per heavy atom. The number of ether oxygens (including phenoxy) is 1. The first-order chi connectivity index (χ1) is 11.6. The second kappa shape index (κ2) is 11.3. The minimum Gasteiger partial charge on any atom is -0.466 e. The third-order valence-electron chi connectivity index (χ3n) is 3.34. The lowest BCUT2D eigenvalue weighted by atomic mass is 9.96. The number of hydrogen-bond acceptors (Lipinski definition) is 5. The predicted octanol–water partition coefficient (Wildman–Crippen LogP) is 2.34. The van der Waals surface area contributed by atoms with Crippen LogP contribution in [0.3, 0.4) is 0 Å². The molecule has 0 rings (SSSR count). The molecule has 0 bridgehead atoms. The van der Waals surface area contributed by atoms with Gasteiger partial charge in [-0.1, -0.05) is 27.4 Å². The summed E-state index contributed by atoms with van der Waals surface area (Å²) in [5, 5.41) is 2.88. The number of nitrogens with one attached hydrogen (secondary N) is 1. The van der Waals surface area contributed by atoms with E-state index in [0.717, 1.165) is 5.70 Å². The minimum atomic E-state index is -0.430. The van der Waals surface area contributed by atoms with Gasteiger partial charge in [0.05, 0.1) is 6.61 Å². The number of carbonyl (C=O) groups is 2. The molecule has 6 heteroatoms. The quantitative estimate of drug-likeness (QED) is 0.466. The summed E-state index contributed by atoms with van der Waals surface area (Å²) in [5.41, 5.74) is 6.50. The maximum absolute atomic E-state index is 11.9. The minimum absolute atomic E-state index is 0.0136. The molecule has 0 aromatic carbocycles. The van der Waals surface area contributed by atoms with Gasteiger partial charge in [-0.15, -0.1) is 0 Å². The number of hydrogen-bond donors (Lipinski definition) is 2. The molecule has 0 saturated carbocycles. The second-order valence-electron chi connectivity index (χ2n) is 6.83. The Kier molecular flexibility index (Phi) is 10.3. The first kappa shape index (κ1) is 22.8. The van der Waals surface area contributed by atoms with Crippen molar-refractivity contribution in [3.05, 3.63) is 36.2 Å². The Morgan fingerprint density at radius 1 is 1.28 bits per heavy atom. The van der Waals surface area contributed by atoms with Crippen molar-refractivity contribution < 1.29 is 14.3 Å². The van der Waals surface area contributed by atoms with Gasteiger partial charge in [-0.25, -0.2) is 0 Å². The van der Waals surface area contributed by atoms with Crippen LogP contribution < -0.4 is 11.1 Å². The van der Waals surface area contributed by atoms with E-state index in [4.69, 9.17) is 10.5 Å². The number of nitrogens with zero attached hydrogens (tertiary/aromatic N) is 1. The summed E-state index contributed by atoms with van der Waals surface area (Å²) in [5.74, 6) is -0.204. The van der Waals surface area contributed by atoms with Crippen LogP contribution in [-0.2, 0) is 14.3 Å². The summed E-state index contributed by atoms with van der Waals surface area (Å²) in [7, 11) is 1.92. The molecule has 0 radical (unpaired) electrons. The van der Waals surface area contributed by atoms with Gasteiger partial charge in [0.15, 0.2) is 0 Å². The maximum atomic E-state index is 11.9. The second-order valence-corrected chi connectivity index (χ2v) is 6.83. The molecule has 6 nitrogen and oxygen atoms in total. The van der Waals surface area contributed by atoms with Gasteiger partial charge >= 0.3 is 5.97 Å². The average molecular weight is 351 g/mol. The number of allylic oxidation sites excluding steroid dienone is 2. The van der Waals surface area contributed by atoms with Gasteiger partial charge in [-0.3, -0.25) is 9.59 Å². The zero-order chi connectivity index (χ0) is 19.5. The van der Waals surface area contributed by atoms with Gasteiger partial charge in [0.25, 0.3) is 0 Å². The molecule has 142 valence electrons. The van der Waals surface area contributed by atoms with E-state index in [1.54, 1.807) is 13.0 Å². The van der Waals surface area contributed by atoms with Crippen LogP contribution >= 0.6 is 0 Å². The monoisotopic (exact) mass is 351 g/mol. The molecular weight excluding hydrogens is 318 g/mol. The lowest BCUT2D eigenvalue weighted by Gasteiger charge is -2.21. The zero-order valence-corrected chi connectivity index (χ0v) is 16.2. The van der Waals surface area contributed by atoms with Crippen molar-refractivity contribution in [2.75, 3.05) is 26.7 Å². The Labute approximate surface area is 151 Å². The SMILES string of the molecule is C=C(N)/C=C\C(=C/CNC(=O)C(C)(C)C)N(C)CCCC(=O)OCC. The van der Waals surface area contributed by atoms with Gasteiger partial charge in [0, 0.05) is 43.4 Å². The summed E-state index contributed by atoms with van der Waals surface area (Å²) < 4.78 is 4.92. The van der Waals surface area contributed by atoms with Gasteiger partial charge in [0.2, 0.25) is 5.91 Å². The van der Waals surface area contributed by atoms with Crippen molar-refractivity contribution >= 4 is 11.9 Å². The summed E-state index contributed by atoms with van der Waals surface area (Å²) in [6.07, 6.45) is 6.51. The third kappa shape index (κ3) is 11.0. The fourth-order valence-electron chi connectivity index (χ4n) is 1.88. The van der Waals surface area contributed by atoms with E-state index >= 15 is 0 Å². The summed E-state index contributed by atoms with van der Waals surface area (Å²) in [6.45, 7) is 12.5. The maximum Gasteiger partial charge on any atom is 0.305 e. The van der Waals surface area contributed by atoms with E-state index in [2.05, 4.69) is 11.9 Å². The first-order valence-electron chi connectivity index (χ1n) is 8.55. The highest BCUT2D eigenvalue weighted by Crippen LogP contribution is 2.12. The van der Waals surface area contributed by atoms with Crippen LogP contribution in [0.4, 0.5) is 0 Å². The first-order valence-corrected chi connectivity index (χ1v) is 8.55. The number of amides is 1. The van der Waals surface area contributed by atoms with E-state index < -0.39 is 5.41 Å². The third-order valence-corrected chi connectivity index (χ3v) is 3.34. The fraction of sp³-hybridized carbons (Fsp3) is 0.579. The summed E-state index contributed by atoms with van der Waals surface area (Å²) in [6, 6.07) is 0. The average Bonchev–Trinajstić information content (AvgIpc) is 2.49. The largest absolute Gasteiger partial charge is 0.466 e. The molecule has 0 fully saturated rings. The van der Waals surface area contributed by atoms with Crippen LogP contribution in [0.1, 0.15) is 40.5 Å². The normalized spacial score (nSPS) is 12.1. The standard InChI is InChI=1S/C19H33N3O3/c1-7-25-17(23)9-8-14-22(6)16(11-10-15(2)20)12-13-21-18(24)19(3,4)5/h10-12H,2,7-9,13-14,20H2,1,3-6H3,(H,21,24)/b11-10-,16-12+. The molecule has 0 unspecified atom stereocenters. The molecule has 0 aliphatic carbocycles. The van der Waals surface area contributed by atoms with E-state index in [9.17, 15) is 9.59 Å². The predicted molar refractivity (Wildman–Crippen MR) is 102 cm³/mol. The van der Waals surface area contributed by atoms with Crippen molar-refractivity contribution in [1.29, 1.82) is 0 Å². The Bertz CT molecular complexity index is 516. The summed E-state index contributed by atoms with van der Waals surface area (Å²) in [4.78, 5) is 25.3. The molecular formula is C19H33N3O3. The zero-order valence-electron chi connectivity index (χ0n) is 16.2. The number of likely N-dealkylation sites (N-methyl/N-ethyl adjacent to an activating group) is 1. The van der Waals surface area contributed by atoms with E-state index in [0.29, 0.717) is 38.2 Å². The lowest BCUT2D eigenvalue weighted by Crippen LogP contribution is -2.35. The van der Waals surface area contributed by atoms with Gasteiger partial charge in [-0.05, 0) is 31.6 Å². The van der Waals surface area contributed by atoms with E-state index in [1.807, 2.05) is 44.9 Å². The Balaban J connectivity index is 4.74. The number of esters is 1. The van der Waals surface area contributed by atoms with E-state index in [-0.39, 0.29) is 11.9 Å². The van der Waals surface area contributed by atoms with Crippen molar-refractivity contribution in [2.45, 2.75) is 40.5 Å². The molecule has 0 spiro atoms. The van der Waals surface area contributed by atoms with Gasteiger partial charge < -0.3 is 20.7 Å². The molecule has 25 heavy (non-hydrogen) atoms. The highest BCUT2D eigenvalue weighted by molar-refractivity contribution is 5.81. The van der Waals surface area contributed by atoms with Crippen LogP contribution in [0.5, 0.6) is 0 Å². The fourth-order valence-corrected chi connectivity index (χ4v) is 1.88. The molecule has 3 N–H and O–H groups in total. The van der Waals surface area contributed by atoms with Crippen molar-refractivity contribution in [3.63, 3.8) is 0 Å². The van der Waals surface area contributed by atoms with Crippen LogP contribution in [0.2, 0.25) is 0 Å². The molecule has 1 amide bonds. The van der Waals surface area contributed by atoms with Gasteiger partial charge in [0.1, 0.15) is 0 Å². The summed E-state index contributed by atoms with van der Waals surface area (Å²) >= 11 is 0. The van der Waals surface area contributed by atoms with Gasteiger partial charge in [-0.2, -0.15) is 0 Å². The van der Waals surface area contributed by atoms with Crippen molar-refractivity contribution in [2.24, 2.45) is 11.1 Å². The molecule has 0 heterocycles. The number of carbonyl (C=O) groups excluding carboxylic acids is 2. The Hall–Kier alpha value is -2.24. The lowest BCUT2D eigenvalue weighted by molar-refractivity contribution is -0.143. The van der Waals surface area contributed by atoms with Crippen LogP contribution in [0, 0.1) is 5.41 Å². The number of rotatable bonds is 10. The number of nitrogens with two attached hydrogens (primary N) is 1. The van der Waals surface area contributed by atoms with Crippen molar-refractivity contribution in [1.82, 2.24) is 10.2 Å². The molecule has 0 aliphatic heterocycles. The molecule has 0 aromatic rings. The Morgan fingerprint density at radius 2 is 1.92 bits per heavy atom. The van der Waals surface area contributed by atoms with Crippen LogP contribution in [-0.4, -0.2) is 43.5 Å². The van der Waals surface area contributed by atoms with Crippen LogP contribution in [0.15, 0.2) is 36.2 Å². The van der Waals surface area contributed by atoms with Crippen LogP contribution in [0.25, 0.3) is 0 Å².